The van der Waals surface area contributed by atoms with Crippen molar-refractivity contribution in [1.29, 1.82) is 0 Å². The molecule has 0 aromatic rings. The molecule has 18 heavy (non-hydrogen) atoms. The number of amides is 2. The Kier molecular flexibility index (Phi) is 9.00. The van der Waals surface area contributed by atoms with Crippen molar-refractivity contribution >= 4 is 12.0 Å². The van der Waals surface area contributed by atoms with Crippen molar-refractivity contribution in [1.82, 2.24) is 10.2 Å². The van der Waals surface area contributed by atoms with Gasteiger partial charge in [0.05, 0.1) is 5.92 Å². The number of rotatable bonds is 9. The van der Waals surface area contributed by atoms with Crippen LogP contribution in [0.4, 0.5) is 4.79 Å². The Bertz CT molecular complexity index is 258. The molecule has 2 N–H and O–H groups in total. The van der Waals surface area contributed by atoms with Crippen molar-refractivity contribution in [3.63, 3.8) is 0 Å². The highest BCUT2D eigenvalue weighted by atomic mass is 16.5. The number of unbranched alkanes of at least 4 members (excludes halogenated alkanes) is 1. The van der Waals surface area contributed by atoms with Gasteiger partial charge in [0.25, 0.3) is 0 Å². The topological polar surface area (TPSA) is 78.9 Å². The number of carboxylic acid groups (broad SMARTS) is 1. The smallest absolute Gasteiger partial charge is 0.317 e. The summed E-state index contributed by atoms with van der Waals surface area (Å²) in [6.07, 6.45) is 1.75. The third kappa shape index (κ3) is 7.11. The van der Waals surface area contributed by atoms with E-state index < -0.39 is 11.9 Å². The van der Waals surface area contributed by atoms with Gasteiger partial charge in [-0.15, -0.1) is 0 Å². The zero-order valence-corrected chi connectivity index (χ0v) is 11.4. The van der Waals surface area contributed by atoms with Crippen LogP contribution in [-0.4, -0.2) is 55.4 Å². The van der Waals surface area contributed by atoms with Gasteiger partial charge in [0.15, 0.2) is 0 Å². The molecule has 0 bridgehead atoms. The maximum atomic E-state index is 11.8. The number of carbonyl (C=O) groups excluding carboxylic acids is 1. The summed E-state index contributed by atoms with van der Waals surface area (Å²) in [7, 11) is 1.64. The van der Waals surface area contributed by atoms with Crippen LogP contribution < -0.4 is 5.32 Å². The second kappa shape index (κ2) is 9.70. The highest BCUT2D eigenvalue weighted by Gasteiger charge is 2.18. The maximum absolute atomic E-state index is 11.8. The average Bonchev–Trinajstić information content (AvgIpc) is 2.34. The van der Waals surface area contributed by atoms with Crippen LogP contribution >= 0.6 is 0 Å². The summed E-state index contributed by atoms with van der Waals surface area (Å²) in [6, 6.07) is -0.206. The minimum absolute atomic E-state index is 0.206. The summed E-state index contributed by atoms with van der Waals surface area (Å²) in [5.41, 5.74) is 0. The molecule has 0 aromatic heterocycles. The molecule has 0 aromatic carbocycles. The number of aliphatic carboxylic acids is 1. The molecule has 0 fully saturated rings. The van der Waals surface area contributed by atoms with E-state index in [9.17, 15) is 9.59 Å². The number of ether oxygens (including phenoxy) is 1. The SMILES string of the molecule is CCN(CC(C)C(=O)O)C(=O)NCCCCOC. The Morgan fingerprint density at radius 1 is 1.39 bits per heavy atom. The molecule has 1 unspecified atom stereocenters. The van der Waals surface area contributed by atoms with Crippen molar-refractivity contribution in [2.45, 2.75) is 26.7 Å². The summed E-state index contributed by atoms with van der Waals surface area (Å²) >= 11 is 0. The lowest BCUT2D eigenvalue weighted by Crippen LogP contribution is -2.43. The highest BCUT2D eigenvalue weighted by molar-refractivity contribution is 5.75. The van der Waals surface area contributed by atoms with Crippen LogP contribution in [0.15, 0.2) is 0 Å². The molecule has 6 nitrogen and oxygen atoms in total. The number of hydrogen-bond acceptors (Lipinski definition) is 3. The standard InChI is InChI=1S/C12H24N2O4/c1-4-14(9-10(2)11(15)16)12(17)13-7-5-6-8-18-3/h10H,4-9H2,1-3H3,(H,13,17)(H,15,16). The van der Waals surface area contributed by atoms with E-state index in [1.807, 2.05) is 6.92 Å². The third-order valence-corrected chi connectivity index (χ3v) is 2.64. The Morgan fingerprint density at radius 2 is 2.06 bits per heavy atom. The number of carbonyl (C=O) groups is 2. The number of carboxylic acids is 1. The molecule has 6 heteroatoms. The molecule has 0 radical (unpaired) electrons. The number of nitrogens with zero attached hydrogens (tertiary/aromatic N) is 1. The third-order valence-electron chi connectivity index (χ3n) is 2.64. The van der Waals surface area contributed by atoms with E-state index in [0.717, 1.165) is 12.8 Å². The lowest BCUT2D eigenvalue weighted by molar-refractivity contribution is -0.141. The lowest BCUT2D eigenvalue weighted by Gasteiger charge is -2.23. The lowest BCUT2D eigenvalue weighted by atomic mass is 10.2. The van der Waals surface area contributed by atoms with E-state index in [4.69, 9.17) is 9.84 Å². The van der Waals surface area contributed by atoms with Crippen molar-refractivity contribution < 1.29 is 19.4 Å². The van der Waals surface area contributed by atoms with Crippen LogP contribution in [0.5, 0.6) is 0 Å². The predicted molar refractivity (Wildman–Crippen MR) is 68.6 cm³/mol. The van der Waals surface area contributed by atoms with E-state index in [1.165, 1.54) is 4.90 Å². The first-order valence-electron chi connectivity index (χ1n) is 6.27. The van der Waals surface area contributed by atoms with Gasteiger partial charge in [0.1, 0.15) is 0 Å². The molecule has 0 aliphatic rings. The average molecular weight is 260 g/mol. The Hall–Kier alpha value is -1.30. The van der Waals surface area contributed by atoms with Gasteiger partial charge in [-0.3, -0.25) is 4.79 Å². The summed E-state index contributed by atoms with van der Waals surface area (Å²) in [5, 5.41) is 11.6. The van der Waals surface area contributed by atoms with Crippen LogP contribution in [-0.2, 0) is 9.53 Å². The van der Waals surface area contributed by atoms with Gasteiger partial charge in [-0.05, 0) is 19.8 Å². The summed E-state index contributed by atoms with van der Waals surface area (Å²) in [6.45, 7) is 5.43. The largest absolute Gasteiger partial charge is 0.481 e. The van der Waals surface area contributed by atoms with Crippen molar-refractivity contribution in [3.8, 4) is 0 Å². The summed E-state index contributed by atoms with van der Waals surface area (Å²) in [4.78, 5) is 24.0. The first kappa shape index (κ1) is 16.7. The van der Waals surface area contributed by atoms with Crippen LogP contribution in [0.1, 0.15) is 26.7 Å². The molecule has 0 aliphatic carbocycles. The zero-order chi connectivity index (χ0) is 14.0. The molecule has 0 rings (SSSR count). The van der Waals surface area contributed by atoms with Crippen molar-refractivity contribution in [2.24, 2.45) is 5.92 Å². The molecule has 0 saturated carbocycles. The van der Waals surface area contributed by atoms with Crippen molar-refractivity contribution in [3.05, 3.63) is 0 Å². The van der Waals surface area contributed by atoms with E-state index in [-0.39, 0.29) is 12.6 Å². The van der Waals surface area contributed by atoms with E-state index in [0.29, 0.717) is 19.7 Å². The summed E-state index contributed by atoms with van der Waals surface area (Å²) in [5.74, 6) is -1.44. The van der Waals surface area contributed by atoms with Crippen LogP contribution in [0.3, 0.4) is 0 Å². The Labute approximate surface area is 108 Å². The van der Waals surface area contributed by atoms with Crippen molar-refractivity contribution in [2.75, 3.05) is 33.4 Å². The summed E-state index contributed by atoms with van der Waals surface area (Å²) < 4.78 is 4.91. The van der Waals surface area contributed by atoms with E-state index in [2.05, 4.69) is 5.32 Å². The maximum Gasteiger partial charge on any atom is 0.317 e. The second-order valence-corrected chi connectivity index (χ2v) is 4.21. The molecule has 2 amide bonds. The van der Waals surface area contributed by atoms with Gasteiger partial charge >= 0.3 is 12.0 Å². The quantitative estimate of drug-likeness (QED) is 0.610. The van der Waals surface area contributed by atoms with Gasteiger partial charge in [0, 0.05) is 33.4 Å². The van der Waals surface area contributed by atoms with Gasteiger partial charge in [-0.2, -0.15) is 0 Å². The fraction of sp³-hybridized carbons (Fsp3) is 0.833. The highest BCUT2D eigenvalue weighted by Crippen LogP contribution is 2.00. The predicted octanol–water partition coefficient (Wildman–Crippen LogP) is 1.17. The first-order chi connectivity index (χ1) is 8.52. The number of nitrogens with one attached hydrogen (secondary N) is 1. The van der Waals surface area contributed by atoms with Crippen LogP contribution in [0, 0.1) is 5.92 Å². The van der Waals surface area contributed by atoms with E-state index >= 15 is 0 Å². The molecule has 1 atom stereocenters. The Balaban J connectivity index is 3.92. The van der Waals surface area contributed by atoms with Crippen LogP contribution in [0.25, 0.3) is 0 Å². The fourth-order valence-electron chi connectivity index (χ4n) is 1.44. The minimum atomic E-state index is -0.888. The number of methoxy groups -OCH3 is 1. The second-order valence-electron chi connectivity index (χ2n) is 4.21. The molecule has 0 heterocycles. The van der Waals surface area contributed by atoms with Crippen LogP contribution in [0.2, 0.25) is 0 Å². The fourth-order valence-corrected chi connectivity index (χ4v) is 1.44. The first-order valence-corrected chi connectivity index (χ1v) is 6.27. The van der Waals surface area contributed by atoms with Gasteiger partial charge in [-0.25, -0.2) is 4.79 Å². The normalized spacial score (nSPS) is 11.9. The molecular weight excluding hydrogens is 236 g/mol. The molecular formula is C12H24N2O4. The van der Waals surface area contributed by atoms with Gasteiger partial charge in [0.2, 0.25) is 0 Å². The monoisotopic (exact) mass is 260 g/mol. The van der Waals surface area contributed by atoms with Gasteiger partial charge in [-0.1, -0.05) is 6.92 Å². The molecule has 0 spiro atoms. The van der Waals surface area contributed by atoms with E-state index in [1.54, 1.807) is 14.0 Å². The molecule has 106 valence electrons. The van der Waals surface area contributed by atoms with Gasteiger partial charge < -0.3 is 20.1 Å². The minimum Gasteiger partial charge on any atom is -0.481 e. The Morgan fingerprint density at radius 3 is 2.56 bits per heavy atom. The number of urea groups is 1. The zero-order valence-electron chi connectivity index (χ0n) is 11.4. The number of hydrogen-bond donors (Lipinski definition) is 2. The molecule has 0 saturated heterocycles. The molecule has 0 aliphatic heterocycles.